The number of rotatable bonds is 3. The third kappa shape index (κ3) is 3.00. The Kier molecular flexibility index (Phi) is 3.97. The van der Waals surface area contributed by atoms with Crippen molar-refractivity contribution < 1.29 is 13.9 Å². The Hall–Kier alpha value is -2.14. The summed E-state index contributed by atoms with van der Waals surface area (Å²) in [5.41, 5.74) is 0.587. The highest BCUT2D eigenvalue weighted by molar-refractivity contribution is 6.34. The van der Waals surface area contributed by atoms with Crippen LogP contribution < -0.4 is 10.1 Å². The average Bonchev–Trinajstić information content (AvgIpc) is 2.39. The van der Waals surface area contributed by atoms with Crippen molar-refractivity contribution in [1.82, 2.24) is 4.98 Å². The lowest BCUT2D eigenvalue weighted by Crippen LogP contribution is -2.13. The van der Waals surface area contributed by atoms with E-state index < -0.39 is 11.7 Å². The Labute approximate surface area is 114 Å². The SMILES string of the molecule is COc1ncccc1NC(=O)c1ccc(F)cc1Cl. The maximum Gasteiger partial charge on any atom is 0.257 e. The number of hydrogen-bond donors (Lipinski definition) is 1. The molecule has 1 heterocycles. The second kappa shape index (κ2) is 5.67. The number of nitrogens with one attached hydrogen (secondary N) is 1. The molecular formula is C13H10ClFN2O2. The van der Waals surface area contributed by atoms with Gasteiger partial charge in [0.05, 0.1) is 17.7 Å². The van der Waals surface area contributed by atoms with Gasteiger partial charge in [0.15, 0.2) is 0 Å². The molecule has 1 aromatic carbocycles. The van der Waals surface area contributed by atoms with Crippen LogP contribution in [0.3, 0.4) is 0 Å². The first-order valence-electron chi connectivity index (χ1n) is 5.37. The Morgan fingerprint density at radius 2 is 2.21 bits per heavy atom. The van der Waals surface area contributed by atoms with Gasteiger partial charge >= 0.3 is 0 Å². The molecule has 0 saturated carbocycles. The minimum Gasteiger partial charge on any atom is -0.480 e. The van der Waals surface area contributed by atoms with Crippen LogP contribution in [0.4, 0.5) is 10.1 Å². The largest absolute Gasteiger partial charge is 0.480 e. The smallest absolute Gasteiger partial charge is 0.257 e. The number of methoxy groups -OCH3 is 1. The summed E-state index contributed by atoms with van der Waals surface area (Å²) in [4.78, 5) is 16.0. The number of carbonyl (C=O) groups excluding carboxylic acids is 1. The number of carbonyl (C=O) groups is 1. The van der Waals surface area contributed by atoms with Crippen molar-refractivity contribution in [3.8, 4) is 5.88 Å². The number of amides is 1. The molecule has 0 spiro atoms. The summed E-state index contributed by atoms with van der Waals surface area (Å²) in [6, 6.07) is 6.86. The lowest BCUT2D eigenvalue weighted by molar-refractivity contribution is 0.102. The molecule has 2 rings (SSSR count). The van der Waals surface area contributed by atoms with Crippen molar-refractivity contribution in [1.29, 1.82) is 0 Å². The average molecular weight is 281 g/mol. The van der Waals surface area contributed by atoms with Crippen LogP contribution in [-0.2, 0) is 0 Å². The molecule has 0 unspecified atom stereocenters. The fourth-order valence-corrected chi connectivity index (χ4v) is 1.76. The molecule has 1 N–H and O–H groups in total. The van der Waals surface area contributed by atoms with Crippen LogP contribution >= 0.6 is 11.6 Å². The summed E-state index contributed by atoms with van der Waals surface area (Å²) in [5.74, 6) is -0.675. The van der Waals surface area contributed by atoms with Crippen molar-refractivity contribution in [3.63, 3.8) is 0 Å². The van der Waals surface area contributed by atoms with Gasteiger partial charge in [0.1, 0.15) is 11.5 Å². The number of pyridine rings is 1. The first kappa shape index (κ1) is 13.3. The molecule has 0 aliphatic rings. The van der Waals surface area contributed by atoms with Crippen molar-refractivity contribution in [2.24, 2.45) is 0 Å². The van der Waals surface area contributed by atoms with E-state index in [1.54, 1.807) is 18.3 Å². The van der Waals surface area contributed by atoms with Gasteiger partial charge in [-0.1, -0.05) is 11.6 Å². The number of anilines is 1. The fraction of sp³-hybridized carbons (Fsp3) is 0.0769. The summed E-state index contributed by atoms with van der Waals surface area (Å²) in [5, 5.41) is 2.65. The number of aromatic nitrogens is 1. The molecule has 1 aromatic heterocycles. The Bertz CT molecular complexity index is 619. The van der Waals surface area contributed by atoms with Crippen molar-refractivity contribution in [2.75, 3.05) is 12.4 Å². The topological polar surface area (TPSA) is 51.2 Å². The lowest BCUT2D eigenvalue weighted by Gasteiger charge is -2.09. The monoisotopic (exact) mass is 280 g/mol. The zero-order valence-corrected chi connectivity index (χ0v) is 10.7. The maximum atomic E-state index is 12.9. The zero-order valence-electron chi connectivity index (χ0n) is 9.98. The van der Waals surface area contributed by atoms with Gasteiger partial charge in [-0.15, -0.1) is 0 Å². The van der Waals surface area contributed by atoms with E-state index >= 15 is 0 Å². The van der Waals surface area contributed by atoms with Gasteiger partial charge in [-0.2, -0.15) is 0 Å². The minimum atomic E-state index is -0.500. The molecule has 1 amide bonds. The van der Waals surface area contributed by atoms with Gasteiger partial charge in [0, 0.05) is 6.20 Å². The van der Waals surface area contributed by atoms with Crippen molar-refractivity contribution in [2.45, 2.75) is 0 Å². The fourth-order valence-electron chi connectivity index (χ4n) is 1.51. The third-order valence-electron chi connectivity index (χ3n) is 2.39. The van der Waals surface area contributed by atoms with E-state index in [-0.39, 0.29) is 16.5 Å². The Morgan fingerprint density at radius 1 is 1.42 bits per heavy atom. The molecular weight excluding hydrogens is 271 g/mol. The molecule has 0 fully saturated rings. The summed E-state index contributed by atoms with van der Waals surface area (Å²) < 4.78 is 17.9. The molecule has 0 aliphatic heterocycles. The van der Waals surface area contributed by atoms with Gasteiger partial charge < -0.3 is 10.1 Å². The van der Waals surface area contributed by atoms with E-state index in [0.29, 0.717) is 5.69 Å². The van der Waals surface area contributed by atoms with E-state index in [0.717, 1.165) is 6.07 Å². The van der Waals surface area contributed by atoms with Crippen LogP contribution in [0.5, 0.6) is 5.88 Å². The number of nitrogens with zero attached hydrogens (tertiary/aromatic N) is 1. The third-order valence-corrected chi connectivity index (χ3v) is 2.70. The highest BCUT2D eigenvalue weighted by Crippen LogP contribution is 2.23. The van der Waals surface area contributed by atoms with Gasteiger partial charge in [-0.25, -0.2) is 9.37 Å². The van der Waals surface area contributed by atoms with E-state index in [9.17, 15) is 9.18 Å². The standard InChI is InChI=1S/C13H10ClFN2O2/c1-19-13-11(3-2-6-16-13)17-12(18)9-5-4-8(15)7-10(9)14/h2-7H,1H3,(H,17,18). The van der Waals surface area contributed by atoms with Crippen molar-refractivity contribution >= 4 is 23.2 Å². The number of hydrogen-bond acceptors (Lipinski definition) is 3. The molecule has 0 radical (unpaired) electrons. The summed E-state index contributed by atoms with van der Waals surface area (Å²) in [6.45, 7) is 0. The number of halogens is 2. The van der Waals surface area contributed by atoms with Crippen LogP contribution in [0.1, 0.15) is 10.4 Å². The first-order valence-corrected chi connectivity index (χ1v) is 5.75. The molecule has 4 nitrogen and oxygen atoms in total. The summed E-state index contributed by atoms with van der Waals surface area (Å²) in [7, 11) is 1.45. The maximum absolute atomic E-state index is 12.9. The molecule has 0 bridgehead atoms. The van der Waals surface area contributed by atoms with Gasteiger partial charge in [-0.3, -0.25) is 4.79 Å². The van der Waals surface area contributed by atoms with Crippen LogP contribution in [-0.4, -0.2) is 18.0 Å². The lowest BCUT2D eigenvalue weighted by atomic mass is 10.2. The molecule has 2 aromatic rings. The zero-order chi connectivity index (χ0) is 13.8. The quantitative estimate of drug-likeness (QED) is 0.940. The highest BCUT2D eigenvalue weighted by atomic mass is 35.5. The van der Waals surface area contributed by atoms with Crippen LogP contribution in [0.2, 0.25) is 5.02 Å². The van der Waals surface area contributed by atoms with E-state index in [4.69, 9.17) is 16.3 Å². The molecule has 0 aliphatic carbocycles. The Morgan fingerprint density at radius 3 is 2.89 bits per heavy atom. The molecule has 0 atom stereocenters. The predicted molar refractivity (Wildman–Crippen MR) is 70.2 cm³/mol. The summed E-state index contributed by atoms with van der Waals surface area (Å²) in [6.07, 6.45) is 1.54. The van der Waals surface area contributed by atoms with E-state index in [1.807, 2.05) is 0 Å². The highest BCUT2D eigenvalue weighted by Gasteiger charge is 2.13. The van der Waals surface area contributed by atoms with E-state index in [1.165, 1.54) is 19.2 Å². The number of ether oxygens (including phenoxy) is 1. The van der Waals surface area contributed by atoms with Crippen LogP contribution in [0, 0.1) is 5.82 Å². The first-order chi connectivity index (χ1) is 9.11. The normalized spacial score (nSPS) is 10.1. The van der Waals surface area contributed by atoms with E-state index in [2.05, 4.69) is 10.3 Å². The molecule has 19 heavy (non-hydrogen) atoms. The minimum absolute atomic E-state index is 0.0420. The Balaban J connectivity index is 2.26. The second-order valence-corrected chi connectivity index (χ2v) is 4.05. The number of benzene rings is 1. The van der Waals surface area contributed by atoms with Gasteiger partial charge in [0.2, 0.25) is 5.88 Å². The van der Waals surface area contributed by atoms with Crippen LogP contribution in [0.25, 0.3) is 0 Å². The molecule has 0 saturated heterocycles. The van der Waals surface area contributed by atoms with Crippen molar-refractivity contribution in [3.05, 3.63) is 52.9 Å². The summed E-state index contributed by atoms with van der Waals surface area (Å²) >= 11 is 5.82. The van der Waals surface area contributed by atoms with Gasteiger partial charge in [0.25, 0.3) is 5.91 Å². The van der Waals surface area contributed by atoms with Gasteiger partial charge in [-0.05, 0) is 30.3 Å². The second-order valence-electron chi connectivity index (χ2n) is 3.64. The predicted octanol–water partition coefficient (Wildman–Crippen LogP) is 3.14. The molecule has 6 heteroatoms. The van der Waals surface area contributed by atoms with Crippen LogP contribution in [0.15, 0.2) is 36.5 Å². The molecule has 98 valence electrons.